The number of benzene rings is 1. The summed E-state index contributed by atoms with van der Waals surface area (Å²) in [5.41, 5.74) is 0.723. The first-order valence-electron chi connectivity index (χ1n) is 7.80. The van der Waals surface area contributed by atoms with Crippen molar-refractivity contribution in [2.24, 2.45) is 7.05 Å². The average molecular weight is 322 g/mol. The first-order chi connectivity index (χ1) is 11.1. The summed E-state index contributed by atoms with van der Waals surface area (Å²) in [5.74, 6) is -0.343. The van der Waals surface area contributed by atoms with Crippen molar-refractivity contribution < 1.29 is 14.0 Å². The molecule has 1 N–H and O–H groups in total. The van der Waals surface area contributed by atoms with Crippen LogP contribution < -0.4 is 10.2 Å². The minimum absolute atomic E-state index is 0.207. The highest BCUT2D eigenvalue weighted by molar-refractivity contribution is 6.08. The first kappa shape index (κ1) is 18.6. The van der Waals surface area contributed by atoms with Gasteiger partial charge in [-0.3, -0.25) is 19.7 Å². The number of nitrogens with zero attached hydrogens (tertiary/aromatic N) is 3. The second-order valence-corrected chi connectivity index (χ2v) is 4.36. The summed E-state index contributed by atoms with van der Waals surface area (Å²) in [6, 6.07) is 3.75. The molecule has 0 spiro atoms. The predicted octanol–water partition coefficient (Wildman–Crippen LogP) is 3.21. The number of hydrogen-bond acceptors (Lipinski definition) is 3. The minimum atomic E-state index is -0.527. The Bertz CT molecular complexity index is 697. The Labute approximate surface area is 135 Å². The lowest BCUT2D eigenvalue weighted by molar-refractivity contribution is -0.120. The van der Waals surface area contributed by atoms with E-state index in [1.807, 2.05) is 27.7 Å². The van der Waals surface area contributed by atoms with E-state index in [1.165, 1.54) is 17.0 Å². The standard InChI is InChI=1S/C12H11FN4O2.2C2H6/c1-16-9-3-2-7(13)6-8(9)11(15-16)17-5-4-10(18)14-12(17)19;2*1-2/h2-3,6H,4-5H2,1H3,(H,14,18,19);2*1-2H3. The van der Waals surface area contributed by atoms with Crippen molar-refractivity contribution in [2.45, 2.75) is 34.1 Å². The number of aryl methyl sites for hydroxylation is 1. The fraction of sp³-hybridized carbons (Fsp3) is 0.438. The molecule has 1 aromatic heterocycles. The Kier molecular flexibility index (Phi) is 6.68. The van der Waals surface area contributed by atoms with Gasteiger partial charge in [0.25, 0.3) is 0 Å². The van der Waals surface area contributed by atoms with Gasteiger partial charge in [-0.25, -0.2) is 9.18 Å². The Morgan fingerprint density at radius 2 is 1.83 bits per heavy atom. The molecular formula is C16H23FN4O2. The highest BCUT2D eigenvalue weighted by Crippen LogP contribution is 2.27. The number of aromatic nitrogens is 2. The maximum Gasteiger partial charge on any atom is 0.329 e. The summed E-state index contributed by atoms with van der Waals surface area (Å²) in [5, 5.41) is 7.00. The van der Waals surface area contributed by atoms with E-state index in [0.29, 0.717) is 11.2 Å². The van der Waals surface area contributed by atoms with E-state index in [9.17, 15) is 14.0 Å². The number of imide groups is 1. The number of carbonyl (C=O) groups is 2. The molecule has 7 heteroatoms. The van der Waals surface area contributed by atoms with Gasteiger partial charge in [0.2, 0.25) is 5.91 Å². The van der Waals surface area contributed by atoms with Crippen molar-refractivity contribution in [1.82, 2.24) is 15.1 Å². The smallest absolute Gasteiger partial charge is 0.278 e. The van der Waals surface area contributed by atoms with Gasteiger partial charge in [0.05, 0.1) is 5.52 Å². The topological polar surface area (TPSA) is 67.2 Å². The predicted molar refractivity (Wildman–Crippen MR) is 88.9 cm³/mol. The molecule has 2 aromatic rings. The van der Waals surface area contributed by atoms with Crippen molar-refractivity contribution in [3.05, 3.63) is 24.0 Å². The van der Waals surface area contributed by atoms with Crippen LogP contribution in [0.15, 0.2) is 18.2 Å². The van der Waals surface area contributed by atoms with Crippen LogP contribution in [-0.4, -0.2) is 28.3 Å². The zero-order valence-corrected chi connectivity index (χ0v) is 14.2. The number of nitrogens with one attached hydrogen (secondary N) is 1. The van der Waals surface area contributed by atoms with E-state index < -0.39 is 11.8 Å². The molecule has 23 heavy (non-hydrogen) atoms. The number of rotatable bonds is 1. The molecule has 0 bridgehead atoms. The monoisotopic (exact) mass is 322 g/mol. The van der Waals surface area contributed by atoms with Gasteiger partial charge < -0.3 is 0 Å². The summed E-state index contributed by atoms with van der Waals surface area (Å²) >= 11 is 0. The molecule has 1 aliphatic rings. The Hall–Kier alpha value is -2.44. The molecule has 0 saturated carbocycles. The molecule has 3 amide bonds. The van der Waals surface area contributed by atoms with Gasteiger partial charge in [-0.15, -0.1) is 0 Å². The van der Waals surface area contributed by atoms with Gasteiger partial charge in [0, 0.05) is 25.4 Å². The zero-order chi connectivity index (χ0) is 17.6. The van der Waals surface area contributed by atoms with Gasteiger partial charge >= 0.3 is 6.03 Å². The normalized spacial score (nSPS) is 13.7. The lowest BCUT2D eigenvalue weighted by atomic mass is 10.2. The number of amides is 3. The fourth-order valence-corrected chi connectivity index (χ4v) is 2.18. The molecule has 126 valence electrons. The van der Waals surface area contributed by atoms with Crippen molar-refractivity contribution in [2.75, 3.05) is 11.4 Å². The molecule has 1 aromatic carbocycles. The largest absolute Gasteiger partial charge is 0.329 e. The molecule has 6 nitrogen and oxygen atoms in total. The lowest BCUT2D eigenvalue weighted by Crippen LogP contribution is -2.49. The minimum Gasteiger partial charge on any atom is -0.278 e. The Morgan fingerprint density at radius 3 is 2.43 bits per heavy atom. The average Bonchev–Trinajstić information content (AvgIpc) is 2.87. The first-order valence-corrected chi connectivity index (χ1v) is 7.80. The Morgan fingerprint density at radius 1 is 1.17 bits per heavy atom. The van der Waals surface area contributed by atoms with Gasteiger partial charge in [0.15, 0.2) is 5.82 Å². The highest BCUT2D eigenvalue weighted by atomic mass is 19.1. The van der Waals surface area contributed by atoms with Crippen LogP contribution in [0.1, 0.15) is 34.1 Å². The molecule has 3 rings (SSSR count). The molecule has 0 atom stereocenters. The van der Waals surface area contributed by atoms with Gasteiger partial charge in [-0.2, -0.15) is 5.10 Å². The second kappa shape index (κ2) is 8.26. The third-order valence-electron chi connectivity index (χ3n) is 3.10. The third-order valence-corrected chi connectivity index (χ3v) is 3.10. The second-order valence-electron chi connectivity index (χ2n) is 4.36. The van der Waals surface area contributed by atoms with Crippen molar-refractivity contribution in [3.8, 4) is 0 Å². The fourth-order valence-electron chi connectivity index (χ4n) is 2.18. The number of hydrogen-bond donors (Lipinski definition) is 1. The van der Waals surface area contributed by atoms with Crippen LogP contribution in [-0.2, 0) is 11.8 Å². The van der Waals surface area contributed by atoms with Gasteiger partial charge in [-0.1, -0.05) is 27.7 Å². The lowest BCUT2D eigenvalue weighted by Gasteiger charge is -2.24. The van der Waals surface area contributed by atoms with Crippen LogP contribution in [0, 0.1) is 5.82 Å². The van der Waals surface area contributed by atoms with E-state index in [0.717, 1.165) is 5.52 Å². The summed E-state index contributed by atoms with van der Waals surface area (Å²) in [7, 11) is 1.72. The van der Waals surface area contributed by atoms with Crippen LogP contribution in [0.3, 0.4) is 0 Å². The summed E-state index contributed by atoms with van der Waals surface area (Å²) in [6.45, 7) is 8.24. The maximum atomic E-state index is 13.3. The van der Waals surface area contributed by atoms with Gasteiger partial charge in [0.1, 0.15) is 5.82 Å². The van der Waals surface area contributed by atoms with Crippen LogP contribution in [0.5, 0.6) is 0 Å². The number of carbonyl (C=O) groups excluding carboxylic acids is 2. The van der Waals surface area contributed by atoms with Crippen LogP contribution in [0.2, 0.25) is 0 Å². The third kappa shape index (κ3) is 3.85. The van der Waals surface area contributed by atoms with E-state index in [4.69, 9.17) is 0 Å². The zero-order valence-electron chi connectivity index (χ0n) is 14.2. The molecule has 0 unspecified atom stereocenters. The van der Waals surface area contributed by atoms with Gasteiger partial charge in [-0.05, 0) is 18.2 Å². The van der Waals surface area contributed by atoms with Crippen molar-refractivity contribution in [3.63, 3.8) is 0 Å². The van der Waals surface area contributed by atoms with Crippen molar-refractivity contribution in [1.29, 1.82) is 0 Å². The summed E-state index contributed by atoms with van der Waals surface area (Å²) in [6.07, 6.45) is 0.207. The van der Waals surface area contributed by atoms with E-state index in [2.05, 4.69) is 10.4 Å². The summed E-state index contributed by atoms with van der Waals surface area (Å²) in [4.78, 5) is 24.3. The maximum absolute atomic E-state index is 13.3. The van der Waals surface area contributed by atoms with Crippen molar-refractivity contribution >= 4 is 28.7 Å². The number of anilines is 1. The molecule has 0 aliphatic carbocycles. The number of urea groups is 1. The summed E-state index contributed by atoms with van der Waals surface area (Å²) < 4.78 is 14.9. The van der Waals surface area contributed by atoms with Crippen LogP contribution in [0.4, 0.5) is 15.0 Å². The Balaban J connectivity index is 0.000000615. The SMILES string of the molecule is CC.CC.Cn1nc(N2CCC(=O)NC2=O)c2cc(F)ccc21. The van der Waals surface area contributed by atoms with E-state index >= 15 is 0 Å². The number of fused-ring (bicyclic) bond motifs is 1. The molecule has 1 fully saturated rings. The molecular weight excluding hydrogens is 299 g/mol. The van der Waals surface area contributed by atoms with E-state index in [-0.39, 0.29) is 18.9 Å². The molecule has 0 radical (unpaired) electrons. The van der Waals surface area contributed by atoms with E-state index in [1.54, 1.807) is 17.8 Å². The molecule has 1 aliphatic heterocycles. The highest BCUT2D eigenvalue weighted by Gasteiger charge is 2.27. The quantitative estimate of drug-likeness (QED) is 0.876. The molecule has 1 saturated heterocycles. The molecule has 2 heterocycles. The number of halogens is 1. The van der Waals surface area contributed by atoms with Crippen LogP contribution >= 0.6 is 0 Å². The van der Waals surface area contributed by atoms with Crippen LogP contribution in [0.25, 0.3) is 10.9 Å².